The van der Waals surface area contributed by atoms with Crippen molar-refractivity contribution < 1.29 is 0 Å². The average molecular weight is 376 g/mol. The van der Waals surface area contributed by atoms with E-state index in [-0.39, 0.29) is 0 Å². The summed E-state index contributed by atoms with van der Waals surface area (Å²) >= 11 is 6.54. The number of nitrogens with one attached hydrogen (secondary N) is 1. The molecule has 0 unspecified atom stereocenters. The lowest BCUT2D eigenvalue weighted by Crippen LogP contribution is -2.28. The Kier molecular flexibility index (Phi) is 3.83. The number of aliphatic imine (C=N–C) groups is 1. The molecule has 0 saturated heterocycles. The monoisotopic (exact) mass is 375 g/mol. The summed E-state index contributed by atoms with van der Waals surface area (Å²) in [6, 6.07) is 10.8. The summed E-state index contributed by atoms with van der Waals surface area (Å²) in [7, 11) is 0. The molecule has 1 aliphatic carbocycles. The van der Waals surface area contributed by atoms with E-state index in [2.05, 4.69) is 51.2 Å². The van der Waals surface area contributed by atoms with Crippen LogP contribution in [0.5, 0.6) is 0 Å². The molecule has 1 N–H and O–H groups in total. The van der Waals surface area contributed by atoms with Crippen LogP contribution in [-0.4, -0.2) is 26.4 Å². The third kappa shape index (κ3) is 2.75. The maximum Gasteiger partial charge on any atom is 0.175 e. The van der Waals surface area contributed by atoms with Crippen molar-refractivity contribution in [1.29, 1.82) is 0 Å². The van der Waals surface area contributed by atoms with Crippen LogP contribution in [0.4, 0.5) is 0 Å². The van der Waals surface area contributed by atoms with Crippen molar-refractivity contribution in [2.45, 2.75) is 25.3 Å². The molecule has 27 heavy (non-hydrogen) atoms. The summed E-state index contributed by atoms with van der Waals surface area (Å²) in [6.07, 6.45) is 8.24. The minimum Gasteiger partial charge on any atom is -0.380 e. The maximum absolute atomic E-state index is 6.54. The number of hydrogen-bond donors (Lipinski definition) is 1. The molecule has 5 nitrogen and oxygen atoms in total. The zero-order valence-corrected chi connectivity index (χ0v) is 15.4. The fourth-order valence-corrected chi connectivity index (χ4v) is 4.11. The van der Waals surface area contributed by atoms with E-state index >= 15 is 0 Å². The van der Waals surface area contributed by atoms with E-state index in [9.17, 15) is 0 Å². The molecule has 0 radical (unpaired) electrons. The Bertz CT molecular complexity index is 1100. The predicted molar refractivity (Wildman–Crippen MR) is 108 cm³/mol. The van der Waals surface area contributed by atoms with Crippen LogP contribution in [0.3, 0.4) is 0 Å². The van der Waals surface area contributed by atoms with Gasteiger partial charge in [-0.2, -0.15) is 5.10 Å². The van der Waals surface area contributed by atoms with E-state index in [0.717, 1.165) is 36.4 Å². The fourth-order valence-electron chi connectivity index (χ4n) is 3.83. The lowest BCUT2D eigenvalue weighted by atomic mass is 10.1. The van der Waals surface area contributed by atoms with Gasteiger partial charge in [-0.25, -0.2) is 9.50 Å². The second-order valence-electron chi connectivity index (χ2n) is 6.89. The molecule has 6 heteroatoms. The SMILES string of the molecule is C=C(NC1Cc2ccccc2C1)c1ccnc2c(Cl)c(C3=NC=CC3)nn12. The molecule has 5 rings (SSSR count). The van der Waals surface area contributed by atoms with Gasteiger partial charge in [0.2, 0.25) is 0 Å². The van der Waals surface area contributed by atoms with Gasteiger partial charge in [-0.1, -0.05) is 48.5 Å². The van der Waals surface area contributed by atoms with E-state index < -0.39 is 0 Å². The number of aromatic nitrogens is 3. The lowest BCUT2D eigenvalue weighted by Gasteiger charge is -2.16. The molecule has 1 aliphatic heterocycles. The summed E-state index contributed by atoms with van der Waals surface area (Å²) < 4.78 is 1.76. The molecule has 0 fully saturated rings. The number of allylic oxidation sites excluding steroid dienone is 1. The first kappa shape index (κ1) is 16.3. The molecule has 0 amide bonds. The van der Waals surface area contributed by atoms with Crippen molar-refractivity contribution in [1.82, 2.24) is 19.9 Å². The van der Waals surface area contributed by atoms with Gasteiger partial charge in [0.15, 0.2) is 5.65 Å². The summed E-state index contributed by atoms with van der Waals surface area (Å²) in [5, 5.41) is 8.77. The van der Waals surface area contributed by atoms with Crippen LogP contribution in [0, 0.1) is 0 Å². The number of rotatable bonds is 4. The Hall–Kier alpha value is -2.92. The van der Waals surface area contributed by atoms with Gasteiger partial charge in [0.25, 0.3) is 0 Å². The van der Waals surface area contributed by atoms with E-state index in [0.29, 0.717) is 22.4 Å². The van der Waals surface area contributed by atoms with Crippen molar-refractivity contribution in [2.24, 2.45) is 4.99 Å². The Morgan fingerprint density at radius 2 is 1.96 bits per heavy atom. The Morgan fingerprint density at radius 3 is 2.67 bits per heavy atom. The van der Waals surface area contributed by atoms with Gasteiger partial charge in [0.05, 0.1) is 17.1 Å². The highest BCUT2D eigenvalue weighted by molar-refractivity contribution is 6.37. The van der Waals surface area contributed by atoms with Crippen molar-refractivity contribution in [2.75, 3.05) is 0 Å². The normalized spacial score (nSPS) is 16.0. The molecule has 134 valence electrons. The first-order valence-corrected chi connectivity index (χ1v) is 9.36. The second kappa shape index (κ2) is 6.35. The molecule has 1 aromatic carbocycles. The van der Waals surface area contributed by atoms with Crippen LogP contribution in [0.2, 0.25) is 5.02 Å². The minimum absolute atomic E-state index is 0.326. The first-order valence-electron chi connectivity index (χ1n) is 8.98. The predicted octanol–water partition coefficient (Wildman–Crippen LogP) is 3.82. The average Bonchev–Trinajstić information content (AvgIpc) is 3.40. The fraction of sp³-hybridized carbons (Fsp3) is 0.190. The molecule has 0 spiro atoms. The summed E-state index contributed by atoms with van der Waals surface area (Å²) in [4.78, 5) is 8.76. The Morgan fingerprint density at radius 1 is 1.19 bits per heavy atom. The summed E-state index contributed by atoms with van der Waals surface area (Å²) in [5.74, 6) is 0. The zero-order valence-electron chi connectivity index (χ0n) is 14.7. The smallest absolute Gasteiger partial charge is 0.175 e. The van der Waals surface area contributed by atoms with Crippen LogP contribution >= 0.6 is 11.6 Å². The lowest BCUT2D eigenvalue weighted by molar-refractivity contribution is 0.629. The molecule has 0 saturated carbocycles. The van der Waals surface area contributed by atoms with Gasteiger partial charge in [0.1, 0.15) is 10.7 Å². The standard InChI is InChI=1S/C21H18ClN5/c1-13(25-16-11-14-5-2-3-6-15(14)12-16)18-8-10-24-21-19(22)20(26-27(18)21)17-7-4-9-23-17/h2-6,8-10,16,25H,1,7,11-12H2. The third-order valence-corrected chi connectivity index (χ3v) is 5.47. The highest BCUT2D eigenvalue weighted by atomic mass is 35.5. The van der Waals surface area contributed by atoms with E-state index in [1.54, 1.807) is 16.9 Å². The van der Waals surface area contributed by atoms with E-state index in [4.69, 9.17) is 11.6 Å². The zero-order chi connectivity index (χ0) is 18.4. The van der Waals surface area contributed by atoms with Crippen LogP contribution in [-0.2, 0) is 12.8 Å². The van der Waals surface area contributed by atoms with E-state index in [1.807, 2.05) is 12.1 Å². The van der Waals surface area contributed by atoms with Crippen LogP contribution in [0.25, 0.3) is 11.3 Å². The highest BCUT2D eigenvalue weighted by Crippen LogP contribution is 2.27. The maximum atomic E-state index is 6.54. The second-order valence-corrected chi connectivity index (χ2v) is 7.27. The molecule has 2 aliphatic rings. The summed E-state index contributed by atoms with van der Waals surface area (Å²) in [5.41, 5.74) is 6.64. The van der Waals surface area contributed by atoms with Crippen LogP contribution in [0.15, 0.2) is 60.4 Å². The molecule has 0 atom stereocenters. The van der Waals surface area contributed by atoms with Crippen molar-refractivity contribution in [3.63, 3.8) is 0 Å². The molecule has 3 aromatic rings. The number of halogens is 1. The molecule has 3 heterocycles. The first-order chi connectivity index (χ1) is 13.2. The van der Waals surface area contributed by atoms with Crippen LogP contribution in [0.1, 0.15) is 28.9 Å². The van der Waals surface area contributed by atoms with Crippen molar-refractivity contribution in [3.05, 3.63) is 82.9 Å². The topological polar surface area (TPSA) is 54.6 Å². The minimum atomic E-state index is 0.326. The van der Waals surface area contributed by atoms with Crippen molar-refractivity contribution >= 4 is 28.7 Å². The molecule has 0 bridgehead atoms. The van der Waals surface area contributed by atoms with Gasteiger partial charge >= 0.3 is 0 Å². The van der Waals surface area contributed by atoms with E-state index in [1.165, 1.54) is 11.1 Å². The van der Waals surface area contributed by atoms with Gasteiger partial charge in [-0.15, -0.1) is 0 Å². The number of fused-ring (bicyclic) bond motifs is 2. The van der Waals surface area contributed by atoms with Gasteiger partial charge in [-0.05, 0) is 30.0 Å². The van der Waals surface area contributed by atoms with Gasteiger partial charge in [-0.3, -0.25) is 4.99 Å². The summed E-state index contributed by atoms with van der Waals surface area (Å²) in [6.45, 7) is 4.25. The largest absolute Gasteiger partial charge is 0.380 e. The number of benzene rings is 1. The van der Waals surface area contributed by atoms with Gasteiger partial charge < -0.3 is 5.32 Å². The van der Waals surface area contributed by atoms with Crippen molar-refractivity contribution in [3.8, 4) is 0 Å². The van der Waals surface area contributed by atoms with Gasteiger partial charge in [0, 0.05) is 24.9 Å². The Labute approximate surface area is 162 Å². The molecule has 2 aromatic heterocycles. The number of hydrogen-bond acceptors (Lipinski definition) is 4. The highest BCUT2D eigenvalue weighted by Gasteiger charge is 2.23. The molecular weight excluding hydrogens is 358 g/mol. The number of nitrogens with zero attached hydrogens (tertiary/aromatic N) is 4. The molecular formula is C21H18ClN5. The third-order valence-electron chi connectivity index (χ3n) is 5.12. The van der Waals surface area contributed by atoms with Crippen LogP contribution < -0.4 is 5.32 Å². The Balaban J connectivity index is 1.45. The quantitative estimate of drug-likeness (QED) is 0.754.